The second kappa shape index (κ2) is 5.94. The van der Waals surface area contributed by atoms with Crippen molar-refractivity contribution in [1.29, 1.82) is 0 Å². The summed E-state index contributed by atoms with van der Waals surface area (Å²) in [5, 5.41) is 0. The molecule has 0 saturated carbocycles. The lowest BCUT2D eigenvalue weighted by molar-refractivity contribution is -0.462. The van der Waals surface area contributed by atoms with Crippen LogP contribution in [0.4, 0.5) is 57.1 Å². The molecule has 25 heavy (non-hydrogen) atoms. The smallest absolute Gasteiger partial charge is 0.241 e. The van der Waals surface area contributed by atoms with Crippen LogP contribution in [-0.2, 0) is 0 Å². The standard InChI is InChI=1S/C12H5F13/c13-6-3-1-2-5(4-6)7(14)8(10(17,18)19,11(20,21)22)9(15,16)12(23,24)25/h1-4,7H. The van der Waals surface area contributed by atoms with Crippen LogP contribution in [0.2, 0.25) is 0 Å². The first-order chi connectivity index (χ1) is 10.9. The molecule has 0 aromatic heterocycles. The Bertz CT molecular complexity index is 593. The Morgan fingerprint density at radius 2 is 1.12 bits per heavy atom. The normalized spacial score (nSPS) is 16.0. The fourth-order valence-corrected chi connectivity index (χ4v) is 2.10. The fourth-order valence-electron chi connectivity index (χ4n) is 2.10. The molecule has 0 N–H and O–H groups in total. The number of hydrogen-bond donors (Lipinski definition) is 0. The molecule has 0 amide bonds. The topological polar surface area (TPSA) is 0 Å². The third-order valence-corrected chi connectivity index (χ3v) is 3.27. The van der Waals surface area contributed by atoms with Gasteiger partial charge in [0, 0.05) is 0 Å². The molecule has 1 unspecified atom stereocenters. The van der Waals surface area contributed by atoms with Gasteiger partial charge < -0.3 is 0 Å². The third-order valence-electron chi connectivity index (χ3n) is 3.27. The van der Waals surface area contributed by atoms with Gasteiger partial charge >= 0.3 is 24.5 Å². The van der Waals surface area contributed by atoms with Crippen molar-refractivity contribution in [3.05, 3.63) is 35.6 Å². The van der Waals surface area contributed by atoms with Crippen molar-refractivity contribution in [2.75, 3.05) is 0 Å². The maximum atomic E-state index is 14.1. The molecular formula is C12H5F13. The maximum absolute atomic E-state index is 14.1. The molecule has 0 bridgehead atoms. The number of hydrogen-bond acceptors (Lipinski definition) is 0. The van der Waals surface area contributed by atoms with Crippen molar-refractivity contribution in [1.82, 2.24) is 0 Å². The Morgan fingerprint density at radius 1 is 0.680 bits per heavy atom. The number of rotatable bonds is 3. The Hall–Kier alpha value is -1.69. The van der Waals surface area contributed by atoms with Crippen LogP contribution in [0.3, 0.4) is 0 Å². The number of benzene rings is 1. The van der Waals surface area contributed by atoms with E-state index in [0.717, 1.165) is 0 Å². The van der Waals surface area contributed by atoms with Crippen LogP contribution in [0.5, 0.6) is 0 Å². The van der Waals surface area contributed by atoms with Gasteiger partial charge in [-0.25, -0.2) is 8.78 Å². The van der Waals surface area contributed by atoms with E-state index in [-0.39, 0.29) is 12.1 Å². The molecule has 0 heterocycles. The summed E-state index contributed by atoms with van der Waals surface area (Å²) in [5.74, 6) is -9.25. The molecule has 0 aliphatic rings. The van der Waals surface area contributed by atoms with Crippen LogP contribution in [0.15, 0.2) is 24.3 Å². The van der Waals surface area contributed by atoms with Gasteiger partial charge in [-0.15, -0.1) is 0 Å². The summed E-state index contributed by atoms with van der Waals surface area (Å²) in [4.78, 5) is 0. The Balaban J connectivity index is 3.92. The third kappa shape index (κ3) is 3.12. The lowest BCUT2D eigenvalue weighted by Crippen LogP contribution is -2.68. The van der Waals surface area contributed by atoms with Gasteiger partial charge in [0.2, 0.25) is 0 Å². The molecule has 1 aromatic rings. The Morgan fingerprint density at radius 3 is 1.44 bits per heavy atom. The second-order valence-corrected chi connectivity index (χ2v) is 4.79. The average Bonchev–Trinajstić information content (AvgIpc) is 2.33. The first kappa shape index (κ1) is 21.4. The van der Waals surface area contributed by atoms with E-state index in [1.165, 1.54) is 0 Å². The Labute approximate surface area is 130 Å². The molecule has 1 aromatic carbocycles. The summed E-state index contributed by atoms with van der Waals surface area (Å²) in [6.07, 6.45) is -27.3. The molecule has 0 saturated heterocycles. The van der Waals surface area contributed by atoms with Gasteiger partial charge in [0.15, 0.2) is 6.17 Å². The van der Waals surface area contributed by atoms with E-state index in [0.29, 0.717) is 12.1 Å². The second-order valence-electron chi connectivity index (χ2n) is 4.79. The van der Waals surface area contributed by atoms with Crippen LogP contribution in [0.25, 0.3) is 0 Å². The van der Waals surface area contributed by atoms with Gasteiger partial charge in [0.05, 0.1) is 0 Å². The van der Waals surface area contributed by atoms with Gasteiger partial charge in [-0.3, -0.25) is 0 Å². The average molecular weight is 396 g/mol. The van der Waals surface area contributed by atoms with E-state index in [2.05, 4.69) is 0 Å². The number of halogens is 13. The van der Waals surface area contributed by atoms with Crippen LogP contribution in [0.1, 0.15) is 11.7 Å². The van der Waals surface area contributed by atoms with E-state index in [1.54, 1.807) is 0 Å². The highest BCUT2D eigenvalue weighted by Gasteiger charge is 2.92. The molecule has 144 valence electrons. The van der Waals surface area contributed by atoms with Gasteiger partial charge in [0.25, 0.3) is 5.41 Å². The van der Waals surface area contributed by atoms with Crippen molar-refractivity contribution < 1.29 is 57.1 Å². The zero-order valence-corrected chi connectivity index (χ0v) is 11.3. The highest BCUT2D eigenvalue weighted by Crippen LogP contribution is 2.68. The van der Waals surface area contributed by atoms with Crippen molar-refractivity contribution in [2.45, 2.75) is 30.6 Å². The van der Waals surface area contributed by atoms with E-state index >= 15 is 0 Å². The van der Waals surface area contributed by atoms with Gasteiger partial charge in [0.1, 0.15) is 5.82 Å². The summed E-state index contributed by atoms with van der Waals surface area (Å²) >= 11 is 0. The quantitative estimate of drug-likeness (QED) is 0.538. The van der Waals surface area contributed by atoms with Gasteiger partial charge in [-0.1, -0.05) is 12.1 Å². The van der Waals surface area contributed by atoms with E-state index in [9.17, 15) is 57.1 Å². The predicted octanol–water partition coefficient (Wildman–Crippen LogP) is 6.14. The predicted molar refractivity (Wildman–Crippen MR) is 55.8 cm³/mol. The van der Waals surface area contributed by atoms with E-state index in [4.69, 9.17) is 0 Å². The summed E-state index contributed by atoms with van der Waals surface area (Å²) < 4.78 is 168. The van der Waals surface area contributed by atoms with Crippen molar-refractivity contribution in [3.8, 4) is 0 Å². The molecule has 0 radical (unpaired) electrons. The largest absolute Gasteiger partial charge is 0.454 e. The maximum Gasteiger partial charge on any atom is 0.454 e. The summed E-state index contributed by atoms with van der Waals surface area (Å²) in [6, 6.07) is 0.428. The SMILES string of the molecule is Fc1cccc(C(F)C(C(F)(F)F)(C(F)(F)F)C(F)(F)C(F)(F)F)c1. The van der Waals surface area contributed by atoms with Crippen molar-refractivity contribution in [3.63, 3.8) is 0 Å². The van der Waals surface area contributed by atoms with Gasteiger partial charge in [-0.2, -0.15) is 48.3 Å². The van der Waals surface area contributed by atoms with Crippen molar-refractivity contribution in [2.24, 2.45) is 5.41 Å². The minimum atomic E-state index is -7.61. The molecule has 0 fully saturated rings. The van der Waals surface area contributed by atoms with Crippen LogP contribution in [-0.4, -0.2) is 24.5 Å². The van der Waals surface area contributed by atoms with Crippen LogP contribution >= 0.6 is 0 Å². The minimum absolute atomic E-state index is 0.0203. The van der Waals surface area contributed by atoms with Crippen molar-refractivity contribution >= 4 is 0 Å². The highest BCUT2D eigenvalue weighted by molar-refractivity contribution is 5.25. The summed E-state index contributed by atoms with van der Waals surface area (Å²) in [7, 11) is 0. The van der Waals surface area contributed by atoms with Crippen LogP contribution < -0.4 is 0 Å². The molecule has 1 atom stereocenters. The molecule has 0 aliphatic carbocycles. The molecule has 1 rings (SSSR count). The summed E-state index contributed by atoms with van der Waals surface area (Å²) in [6.45, 7) is 0. The number of alkyl halides is 12. The van der Waals surface area contributed by atoms with Crippen LogP contribution in [0, 0.1) is 11.2 Å². The fraction of sp³-hybridized carbons (Fsp3) is 0.500. The molecule has 0 aliphatic heterocycles. The first-order valence-corrected chi connectivity index (χ1v) is 5.88. The Kier molecular flexibility index (Phi) is 5.07. The minimum Gasteiger partial charge on any atom is -0.241 e. The first-order valence-electron chi connectivity index (χ1n) is 5.88. The summed E-state index contributed by atoms with van der Waals surface area (Å²) in [5.41, 5.74) is -9.17. The molecule has 13 heteroatoms. The van der Waals surface area contributed by atoms with E-state index in [1.807, 2.05) is 0 Å². The highest BCUT2D eigenvalue weighted by atomic mass is 19.4. The molecule has 0 nitrogen and oxygen atoms in total. The monoisotopic (exact) mass is 396 g/mol. The van der Waals surface area contributed by atoms with Gasteiger partial charge in [-0.05, 0) is 17.7 Å². The van der Waals surface area contributed by atoms with E-state index < -0.39 is 47.4 Å². The lowest BCUT2D eigenvalue weighted by atomic mass is 9.72. The lowest BCUT2D eigenvalue weighted by Gasteiger charge is -2.44. The molecular weight excluding hydrogens is 391 g/mol. The molecule has 0 spiro atoms. The zero-order valence-electron chi connectivity index (χ0n) is 11.3. The zero-order chi connectivity index (χ0) is 20.1.